The Labute approximate surface area is 117 Å². The minimum atomic E-state index is -0.131. The van der Waals surface area contributed by atoms with Gasteiger partial charge in [-0.15, -0.1) is 0 Å². The van der Waals surface area contributed by atoms with Crippen LogP contribution in [0, 0.1) is 0 Å². The van der Waals surface area contributed by atoms with E-state index in [1.807, 2.05) is 6.07 Å². The number of methoxy groups -OCH3 is 3. The molecule has 1 saturated heterocycles. The van der Waals surface area contributed by atoms with Crippen LogP contribution in [-0.4, -0.2) is 33.4 Å². The lowest BCUT2D eigenvalue weighted by Crippen LogP contribution is -2.34. The topological polar surface area (TPSA) is 54.0 Å². The summed E-state index contributed by atoms with van der Waals surface area (Å²) in [7, 11) is 4.81. The molecule has 1 heterocycles. The molecule has 1 aromatic rings. The Morgan fingerprint density at radius 2 is 1.85 bits per heavy atom. The van der Waals surface area contributed by atoms with Crippen LogP contribution in [0.3, 0.4) is 0 Å². The van der Waals surface area contributed by atoms with Crippen molar-refractivity contribution in [3.8, 4) is 17.2 Å². The van der Waals surface area contributed by atoms with E-state index in [0.29, 0.717) is 30.1 Å². The molecule has 20 heavy (non-hydrogen) atoms. The van der Waals surface area contributed by atoms with Gasteiger partial charge in [-0.25, -0.2) is 0 Å². The van der Waals surface area contributed by atoms with Gasteiger partial charge in [0.1, 0.15) is 6.10 Å². The molecule has 0 amide bonds. The van der Waals surface area contributed by atoms with E-state index in [9.17, 15) is 4.79 Å². The summed E-state index contributed by atoms with van der Waals surface area (Å²) in [6, 6.07) is 1.97. The number of carbonyl (C=O) groups is 1. The molecule has 0 saturated carbocycles. The van der Waals surface area contributed by atoms with Crippen molar-refractivity contribution in [2.75, 3.05) is 21.3 Å². The molecule has 1 aromatic carbocycles. The summed E-state index contributed by atoms with van der Waals surface area (Å²) in [6.07, 6.45) is 1.92. The Morgan fingerprint density at radius 1 is 1.10 bits per heavy atom. The summed E-state index contributed by atoms with van der Waals surface area (Å²) in [5.41, 5.74) is 2.19. The number of rotatable bonds is 3. The standard InChI is InChI=1S/C15H18O5/c1-17-11-6-8-4-10-5-9(7-12(16)20-10)13(8)15(19-3)14(11)18-2/h6,9-10H,4-5,7H2,1-3H3/t9-,10+/m0/s1. The predicted octanol–water partition coefficient (Wildman–Crippen LogP) is 2.06. The van der Waals surface area contributed by atoms with Gasteiger partial charge in [-0.3, -0.25) is 4.79 Å². The molecule has 5 nitrogen and oxygen atoms in total. The second-order valence-corrected chi connectivity index (χ2v) is 5.17. The zero-order valence-corrected chi connectivity index (χ0v) is 11.9. The molecule has 2 atom stereocenters. The maximum Gasteiger partial charge on any atom is 0.306 e. The zero-order valence-electron chi connectivity index (χ0n) is 11.9. The number of esters is 1. The van der Waals surface area contributed by atoms with Crippen molar-refractivity contribution in [3.05, 3.63) is 17.2 Å². The third-order valence-corrected chi connectivity index (χ3v) is 4.07. The molecule has 0 unspecified atom stereocenters. The molecule has 108 valence electrons. The maximum absolute atomic E-state index is 11.6. The minimum absolute atomic E-state index is 0.0310. The van der Waals surface area contributed by atoms with Crippen molar-refractivity contribution in [1.82, 2.24) is 0 Å². The normalized spacial score (nSPS) is 23.6. The highest BCUT2D eigenvalue weighted by molar-refractivity contribution is 5.74. The van der Waals surface area contributed by atoms with Crippen molar-refractivity contribution in [1.29, 1.82) is 0 Å². The van der Waals surface area contributed by atoms with Crippen molar-refractivity contribution in [2.45, 2.75) is 31.3 Å². The van der Waals surface area contributed by atoms with Crippen LogP contribution < -0.4 is 14.2 Å². The molecule has 1 aliphatic heterocycles. The molecule has 0 spiro atoms. The number of benzene rings is 1. The van der Waals surface area contributed by atoms with E-state index < -0.39 is 0 Å². The largest absolute Gasteiger partial charge is 0.493 e. The van der Waals surface area contributed by atoms with Gasteiger partial charge < -0.3 is 18.9 Å². The van der Waals surface area contributed by atoms with E-state index in [0.717, 1.165) is 17.5 Å². The molecular weight excluding hydrogens is 260 g/mol. The lowest BCUT2D eigenvalue weighted by molar-refractivity contribution is -0.155. The minimum Gasteiger partial charge on any atom is -0.493 e. The molecule has 1 fully saturated rings. The lowest BCUT2D eigenvalue weighted by Gasteiger charge is -2.36. The summed E-state index contributed by atoms with van der Waals surface area (Å²) in [4.78, 5) is 11.6. The van der Waals surface area contributed by atoms with Gasteiger partial charge in [-0.2, -0.15) is 0 Å². The summed E-state index contributed by atoms with van der Waals surface area (Å²) in [5, 5.41) is 0. The van der Waals surface area contributed by atoms with E-state index in [1.165, 1.54) is 0 Å². The first-order chi connectivity index (χ1) is 9.67. The van der Waals surface area contributed by atoms with Crippen LogP contribution in [0.25, 0.3) is 0 Å². The number of ether oxygens (including phenoxy) is 4. The van der Waals surface area contributed by atoms with Crippen LogP contribution in [0.1, 0.15) is 29.9 Å². The summed E-state index contributed by atoms with van der Waals surface area (Å²) in [6.45, 7) is 0. The molecule has 2 bridgehead atoms. The first-order valence-electron chi connectivity index (χ1n) is 6.69. The molecule has 0 aromatic heterocycles. The van der Waals surface area contributed by atoms with E-state index >= 15 is 0 Å². The van der Waals surface area contributed by atoms with Crippen molar-refractivity contribution >= 4 is 5.97 Å². The third kappa shape index (κ3) is 1.88. The van der Waals surface area contributed by atoms with Gasteiger partial charge in [0, 0.05) is 17.9 Å². The summed E-state index contributed by atoms with van der Waals surface area (Å²) < 4.78 is 21.7. The van der Waals surface area contributed by atoms with Crippen LogP contribution in [-0.2, 0) is 16.0 Å². The highest BCUT2D eigenvalue weighted by atomic mass is 16.5. The van der Waals surface area contributed by atoms with Crippen LogP contribution >= 0.6 is 0 Å². The number of hydrogen-bond acceptors (Lipinski definition) is 5. The third-order valence-electron chi connectivity index (χ3n) is 4.07. The smallest absolute Gasteiger partial charge is 0.306 e. The summed E-state index contributed by atoms with van der Waals surface area (Å²) >= 11 is 0. The van der Waals surface area contributed by atoms with Crippen LogP contribution in [0.4, 0.5) is 0 Å². The Kier molecular flexibility index (Phi) is 3.20. The van der Waals surface area contributed by atoms with Gasteiger partial charge in [0.2, 0.25) is 5.75 Å². The van der Waals surface area contributed by atoms with Gasteiger partial charge in [-0.1, -0.05) is 0 Å². The maximum atomic E-state index is 11.6. The van der Waals surface area contributed by atoms with Crippen molar-refractivity contribution < 1.29 is 23.7 Å². The number of fused-ring (bicyclic) bond motifs is 4. The van der Waals surface area contributed by atoms with Gasteiger partial charge >= 0.3 is 5.97 Å². The lowest BCUT2D eigenvalue weighted by atomic mass is 9.77. The SMILES string of the molecule is COc1cc2c(c(OC)c1OC)[C@@H]1CC(=O)O[C@H](C2)C1. The van der Waals surface area contributed by atoms with Crippen LogP contribution in [0.2, 0.25) is 0 Å². The fourth-order valence-electron chi connectivity index (χ4n) is 3.32. The highest BCUT2D eigenvalue weighted by Crippen LogP contribution is 2.50. The molecule has 5 heteroatoms. The molecule has 0 radical (unpaired) electrons. The Balaban J connectivity index is 2.18. The zero-order chi connectivity index (χ0) is 14.3. The van der Waals surface area contributed by atoms with E-state index in [4.69, 9.17) is 18.9 Å². The van der Waals surface area contributed by atoms with Crippen LogP contribution in [0.5, 0.6) is 17.2 Å². The van der Waals surface area contributed by atoms with Gasteiger partial charge in [0.25, 0.3) is 0 Å². The monoisotopic (exact) mass is 278 g/mol. The number of hydrogen-bond donors (Lipinski definition) is 0. The molecule has 2 aliphatic rings. The average molecular weight is 278 g/mol. The molecule has 3 rings (SSSR count). The quantitative estimate of drug-likeness (QED) is 0.792. The molecular formula is C15H18O5. The highest BCUT2D eigenvalue weighted by Gasteiger charge is 2.39. The van der Waals surface area contributed by atoms with Gasteiger partial charge in [0.05, 0.1) is 27.8 Å². The fraction of sp³-hybridized carbons (Fsp3) is 0.533. The van der Waals surface area contributed by atoms with E-state index in [1.54, 1.807) is 21.3 Å². The Hall–Kier alpha value is -1.91. The first-order valence-corrected chi connectivity index (χ1v) is 6.69. The summed E-state index contributed by atoms with van der Waals surface area (Å²) in [5.74, 6) is 1.93. The van der Waals surface area contributed by atoms with E-state index in [2.05, 4.69) is 0 Å². The van der Waals surface area contributed by atoms with Crippen molar-refractivity contribution in [3.63, 3.8) is 0 Å². The Morgan fingerprint density at radius 3 is 2.50 bits per heavy atom. The van der Waals surface area contributed by atoms with Crippen molar-refractivity contribution in [2.24, 2.45) is 0 Å². The predicted molar refractivity (Wildman–Crippen MR) is 71.7 cm³/mol. The fourth-order valence-corrected chi connectivity index (χ4v) is 3.32. The second kappa shape index (κ2) is 4.89. The first kappa shape index (κ1) is 13.1. The number of carbonyl (C=O) groups excluding carboxylic acids is 1. The second-order valence-electron chi connectivity index (χ2n) is 5.17. The Bertz CT molecular complexity index is 552. The van der Waals surface area contributed by atoms with Gasteiger partial charge in [0.15, 0.2) is 11.5 Å². The van der Waals surface area contributed by atoms with Crippen LogP contribution in [0.15, 0.2) is 6.07 Å². The molecule has 0 N–H and O–H groups in total. The van der Waals surface area contributed by atoms with E-state index in [-0.39, 0.29) is 18.0 Å². The average Bonchev–Trinajstić information content (AvgIpc) is 2.44. The molecule has 1 aliphatic carbocycles. The van der Waals surface area contributed by atoms with Gasteiger partial charge in [-0.05, 0) is 18.1 Å².